The molecule has 0 radical (unpaired) electrons. The molecule has 0 saturated carbocycles. The summed E-state index contributed by atoms with van der Waals surface area (Å²) in [6, 6.07) is 16.9. The zero-order valence-electron chi connectivity index (χ0n) is 11.5. The molecule has 0 aliphatic carbocycles. The minimum atomic E-state index is -0.337. The van der Waals surface area contributed by atoms with E-state index in [1.54, 1.807) is 23.3 Å². The number of nitrogens with zero attached hydrogens (tertiary/aromatic N) is 3. The molecule has 0 amide bonds. The second kappa shape index (κ2) is 4.96. The molecule has 0 bridgehead atoms. The topological polar surface area (TPSA) is 60.9 Å². The smallest absolute Gasteiger partial charge is 0.344 e. The number of hydrogen-bond acceptors (Lipinski definition) is 4. The van der Waals surface area contributed by atoms with Crippen LogP contribution in [0.25, 0.3) is 27.8 Å². The second-order valence-corrected chi connectivity index (χ2v) is 4.90. The highest BCUT2D eigenvalue weighted by Gasteiger charge is 2.07. The Morgan fingerprint density at radius 3 is 2.41 bits per heavy atom. The predicted molar refractivity (Wildman–Crippen MR) is 82.8 cm³/mol. The molecule has 0 N–H and O–H groups in total. The minimum absolute atomic E-state index is 0.337. The van der Waals surface area contributed by atoms with Crippen molar-refractivity contribution in [3.05, 3.63) is 77.7 Å². The normalized spacial score (nSPS) is 10.9. The predicted octanol–water partition coefficient (Wildman–Crippen LogP) is 3.04. The van der Waals surface area contributed by atoms with Gasteiger partial charge in [-0.3, -0.25) is 4.57 Å². The molecule has 0 spiro atoms. The molecule has 0 saturated heterocycles. The molecule has 22 heavy (non-hydrogen) atoms. The largest absolute Gasteiger partial charge is 0.422 e. The van der Waals surface area contributed by atoms with Gasteiger partial charge >= 0.3 is 5.63 Å². The highest BCUT2D eigenvalue weighted by atomic mass is 16.4. The zero-order chi connectivity index (χ0) is 14.9. The van der Waals surface area contributed by atoms with Crippen LogP contribution in [0.4, 0.5) is 0 Å². The minimum Gasteiger partial charge on any atom is -0.422 e. The summed E-state index contributed by atoms with van der Waals surface area (Å²) in [5.74, 6) is 0. The first-order valence-corrected chi connectivity index (χ1v) is 6.79. The fourth-order valence-electron chi connectivity index (χ4n) is 2.41. The van der Waals surface area contributed by atoms with Gasteiger partial charge < -0.3 is 4.42 Å². The van der Waals surface area contributed by atoms with Crippen molar-refractivity contribution in [1.29, 1.82) is 0 Å². The van der Waals surface area contributed by atoms with Crippen molar-refractivity contribution < 1.29 is 4.42 Å². The lowest BCUT2D eigenvalue weighted by molar-refractivity contribution is 0.563. The molecule has 0 unspecified atom stereocenters. The Balaban J connectivity index is 1.81. The number of aromatic nitrogens is 3. The van der Waals surface area contributed by atoms with E-state index < -0.39 is 0 Å². The van der Waals surface area contributed by atoms with E-state index >= 15 is 0 Å². The monoisotopic (exact) mass is 289 g/mol. The van der Waals surface area contributed by atoms with Crippen LogP contribution in [0.1, 0.15) is 0 Å². The molecule has 2 aromatic heterocycles. The Bertz CT molecular complexity index is 987. The molecule has 106 valence electrons. The van der Waals surface area contributed by atoms with Crippen LogP contribution in [-0.2, 0) is 0 Å². The summed E-state index contributed by atoms with van der Waals surface area (Å²) < 4.78 is 7.17. The van der Waals surface area contributed by atoms with Gasteiger partial charge in [0.2, 0.25) is 0 Å². The molecular weight excluding hydrogens is 278 g/mol. The van der Waals surface area contributed by atoms with Crippen molar-refractivity contribution in [2.45, 2.75) is 0 Å². The second-order valence-electron chi connectivity index (χ2n) is 4.90. The van der Waals surface area contributed by atoms with Crippen LogP contribution in [0, 0.1) is 0 Å². The Hall–Kier alpha value is -3.21. The van der Waals surface area contributed by atoms with E-state index in [4.69, 9.17) is 4.42 Å². The first-order valence-electron chi connectivity index (χ1n) is 6.79. The quantitative estimate of drug-likeness (QED) is 0.532. The average Bonchev–Trinajstić information content (AvgIpc) is 3.09. The van der Waals surface area contributed by atoms with Gasteiger partial charge in [0.1, 0.15) is 18.2 Å². The fraction of sp³-hybridized carbons (Fsp3) is 0. The van der Waals surface area contributed by atoms with E-state index in [0.29, 0.717) is 11.1 Å². The number of fused-ring (bicyclic) bond motifs is 1. The van der Waals surface area contributed by atoms with Crippen LogP contribution in [0.2, 0.25) is 0 Å². The van der Waals surface area contributed by atoms with Crippen molar-refractivity contribution in [2.75, 3.05) is 0 Å². The SMILES string of the molecule is O=c1oc2ccccc2cc1-c1ccc(-n2cnnc2)cc1. The van der Waals surface area contributed by atoms with E-state index in [2.05, 4.69) is 10.2 Å². The number of rotatable bonds is 2. The molecule has 2 aromatic carbocycles. The highest BCUT2D eigenvalue weighted by molar-refractivity contribution is 5.81. The van der Waals surface area contributed by atoms with E-state index in [0.717, 1.165) is 16.6 Å². The van der Waals surface area contributed by atoms with Crippen LogP contribution in [0.3, 0.4) is 0 Å². The standard InChI is InChI=1S/C17H11N3O2/c21-17-15(9-13-3-1-2-4-16(13)22-17)12-5-7-14(8-6-12)20-10-18-19-11-20/h1-11H. The van der Waals surface area contributed by atoms with E-state index in [1.807, 2.05) is 48.5 Å². The summed E-state index contributed by atoms with van der Waals surface area (Å²) in [6.45, 7) is 0. The van der Waals surface area contributed by atoms with Crippen LogP contribution in [0.15, 0.2) is 76.5 Å². The Morgan fingerprint density at radius 1 is 0.909 bits per heavy atom. The molecule has 5 nitrogen and oxygen atoms in total. The van der Waals surface area contributed by atoms with Gasteiger partial charge in [-0.2, -0.15) is 0 Å². The van der Waals surface area contributed by atoms with Crippen molar-refractivity contribution >= 4 is 11.0 Å². The van der Waals surface area contributed by atoms with Crippen LogP contribution >= 0.6 is 0 Å². The maximum Gasteiger partial charge on any atom is 0.344 e. The number of hydrogen-bond donors (Lipinski definition) is 0. The molecule has 4 aromatic rings. The van der Waals surface area contributed by atoms with Crippen LogP contribution < -0.4 is 5.63 Å². The Kier molecular flexibility index (Phi) is 2.83. The third-order valence-electron chi connectivity index (χ3n) is 3.54. The van der Waals surface area contributed by atoms with Gasteiger partial charge in [0.25, 0.3) is 0 Å². The number of benzene rings is 2. The molecular formula is C17H11N3O2. The van der Waals surface area contributed by atoms with Crippen LogP contribution in [0.5, 0.6) is 0 Å². The van der Waals surface area contributed by atoms with E-state index in [1.165, 1.54) is 0 Å². The van der Waals surface area contributed by atoms with Gasteiger partial charge in [-0.1, -0.05) is 30.3 Å². The summed E-state index contributed by atoms with van der Waals surface area (Å²) >= 11 is 0. The van der Waals surface area contributed by atoms with Gasteiger partial charge in [0, 0.05) is 11.1 Å². The summed E-state index contributed by atoms with van der Waals surface area (Å²) in [4.78, 5) is 12.2. The summed E-state index contributed by atoms with van der Waals surface area (Å²) in [7, 11) is 0. The summed E-state index contributed by atoms with van der Waals surface area (Å²) in [6.07, 6.45) is 3.25. The van der Waals surface area contributed by atoms with Crippen molar-refractivity contribution in [3.63, 3.8) is 0 Å². The lowest BCUT2D eigenvalue weighted by atomic mass is 10.1. The third kappa shape index (κ3) is 2.09. The lowest BCUT2D eigenvalue weighted by Gasteiger charge is -2.05. The molecule has 2 heterocycles. The molecule has 4 rings (SSSR count). The summed E-state index contributed by atoms with van der Waals surface area (Å²) in [5, 5.41) is 8.45. The molecule has 0 aliphatic rings. The van der Waals surface area contributed by atoms with Gasteiger partial charge in [-0.25, -0.2) is 4.79 Å². The van der Waals surface area contributed by atoms with Crippen molar-refractivity contribution in [1.82, 2.24) is 14.8 Å². The highest BCUT2D eigenvalue weighted by Crippen LogP contribution is 2.22. The molecule has 0 fully saturated rings. The molecule has 5 heteroatoms. The van der Waals surface area contributed by atoms with Gasteiger partial charge in [0.15, 0.2) is 0 Å². The third-order valence-corrected chi connectivity index (χ3v) is 3.54. The van der Waals surface area contributed by atoms with Gasteiger partial charge in [0.05, 0.1) is 5.56 Å². The van der Waals surface area contributed by atoms with E-state index in [9.17, 15) is 4.79 Å². The van der Waals surface area contributed by atoms with Gasteiger partial charge in [-0.05, 0) is 29.8 Å². The first-order chi connectivity index (χ1) is 10.8. The van der Waals surface area contributed by atoms with Crippen LogP contribution in [-0.4, -0.2) is 14.8 Å². The molecule has 0 aliphatic heterocycles. The van der Waals surface area contributed by atoms with E-state index in [-0.39, 0.29) is 5.63 Å². The fourth-order valence-corrected chi connectivity index (χ4v) is 2.41. The Labute approximate surface area is 125 Å². The van der Waals surface area contributed by atoms with Crippen molar-refractivity contribution in [2.24, 2.45) is 0 Å². The molecule has 0 atom stereocenters. The Morgan fingerprint density at radius 2 is 1.64 bits per heavy atom. The zero-order valence-corrected chi connectivity index (χ0v) is 11.5. The van der Waals surface area contributed by atoms with Gasteiger partial charge in [-0.15, -0.1) is 10.2 Å². The first kappa shape index (κ1) is 12.5. The summed E-state index contributed by atoms with van der Waals surface area (Å²) in [5.41, 5.74) is 2.55. The average molecular weight is 289 g/mol. The number of para-hydroxylation sites is 1. The van der Waals surface area contributed by atoms with Crippen molar-refractivity contribution in [3.8, 4) is 16.8 Å². The maximum absolute atomic E-state index is 12.2. The lowest BCUT2D eigenvalue weighted by Crippen LogP contribution is -2.02. The maximum atomic E-state index is 12.2.